The van der Waals surface area contributed by atoms with Crippen LogP contribution in [0.4, 0.5) is 13.2 Å². The van der Waals surface area contributed by atoms with Crippen molar-refractivity contribution in [2.24, 2.45) is 0 Å². The molecule has 24 heavy (non-hydrogen) atoms. The van der Waals surface area contributed by atoms with Gasteiger partial charge in [0.15, 0.2) is 5.65 Å². The topological polar surface area (TPSA) is 59.4 Å². The molecule has 0 saturated heterocycles. The van der Waals surface area contributed by atoms with Crippen LogP contribution in [0.5, 0.6) is 0 Å². The zero-order valence-electron chi connectivity index (χ0n) is 12.2. The predicted molar refractivity (Wildman–Crippen MR) is 83.3 cm³/mol. The van der Waals surface area contributed by atoms with E-state index in [1.165, 1.54) is 0 Å². The number of nitrogens with zero attached hydrogens (tertiary/aromatic N) is 4. The van der Waals surface area contributed by atoms with Crippen molar-refractivity contribution in [3.05, 3.63) is 47.1 Å². The quantitative estimate of drug-likeness (QED) is 0.521. The van der Waals surface area contributed by atoms with Gasteiger partial charge in [0.05, 0.1) is 16.7 Å². The second-order valence-electron chi connectivity index (χ2n) is 5.26. The minimum absolute atomic E-state index is 0.211. The molecule has 122 valence electrons. The maximum absolute atomic E-state index is 12.8. The molecule has 0 bridgehead atoms. The maximum atomic E-state index is 12.8. The fraction of sp³-hybridized carbons (Fsp3) is 0.133. The molecular formula is C15H9ClF3N5. The van der Waals surface area contributed by atoms with Gasteiger partial charge in [0.1, 0.15) is 16.5 Å². The van der Waals surface area contributed by atoms with Gasteiger partial charge in [-0.1, -0.05) is 11.6 Å². The lowest BCUT2D eigenvalue weighted by molar-refractivity contribution is -0.144. The summed E-state index contributed by atoms with van der Waals surface area (Å²) in [5.41, 5.74) is 2.31. The number of alkyl halides is 3. The molecule has 0 aliphatic heterocycles. The van der Waals surface area contributed by atoms with Crippen LogP contribution in [0, 0.1) is 6.92 Å². The molecule has 0 amide bonds. The van der Waals surface area contributed by atoms with Crippen LogP contribution < -0.4 is 0 Å². The lowest BCUT2D eigenvalue weighted by Gasteiger charge is -2.06. The van der Waals surface area contributed by atoms with Crippen molar-refractivity contribution in [2.75, 3.05) is 0 Å². The third-order valence-electron chi connectivity index (χ3n) is 3.63. The molecule has 4 aromatic rings. The Balaban J connectivity index is 1.94. The molecule has 1 N–H and O–H groups in total. The van der Waals surface area contributed by atoms with Crippen LogP contribution in [-0.2, 0) is 6.18 Å². The van der Waals surface area contributed by atoms with Crippen molar-refractivity contribution in [2.45, 2.75) is 13.1 Å². The summed E-state index contributed by atoms with van der Waals surface area (Å²) >= 11 is 5.94. The van der Waals surface area contributed by atoms with Gasteiger partial charge in [0.25, 0.3) is 0 Å². The number of pyridine rings is 1. The van der Waals surface area contributed by atoms with Crippen LogP contribution in [0.2, 0.25) is 5.15 Å². The van der Waals surface area contributed by atoms with Crippen molar-refractivity contribution < 1.29 is 13.2 Å². The van der Waals surface area contributed by atoms with Crippen LogP contribution >= 0.6 is 11.6 Å². The molecule has 0 aliphatic carbocycles. The highest BCUT2D eigenvalue weighted by molar-refractivity contribution is 6.29. The number of aromatic amines is 1. The van der Waals surface area contributed by atoms with Crippen LogP contribution in [0.25, 0.3) is 27.9 Å². The van der Waals surface area contributed by atoms with E-state index in [4.69, 9.17) is 11.6 Å². The minimum atomic E-state index is -4.52. The second-order valence-corrected chi connectivity index (χ2v) is 5.64. The molecule has 0 fully saturated rings. The van der Waals surface area contributed by atoms with E-state index in [1.807, 2.05) is 0 Å². The van der Waals surface area contributed by atoms with E-state index < -0.39 is 12.0 Å². The Bertz CT molecular complexity index is 1080. The molecule has 0 aliphatic rings. The van der Waals surface area contributed by atoms with Crippen molar-refractivity contribution >= 4 is 33.8 Å². The molecule has 0 radical (unpaired) electrons. The molecule has 3 heterocycles. The van der Waals surface area contributed by atoms with Gasteiger partial charge in [0.2, 0.25) is 5.82 Å². The van der Waals surface area contributed by atoms with Crippen molar-refractivity contribution in [3.8, 4) is 5.69 Å². The van der Waals surface area contributed by atoms with E-state index in [2.05, 4.69) is 19.9 Å². The van der Waals surface area contributed by atoms with Crippen LogP contribution in [-0.4, -0.2) is 24.5 Å². The Hall–Kier alpha value is -2.61. The number of hydrogen-bond donors (Lipinski definition) is 1. The highest BCUT2D eigenvalue weighted by Gasteiger charge is 2.34. The summed E-state index contributed by atoms with van der Waals surface area (Å²) in [5.74, 6) is -0.381. The summed E-state index contributed by atoms with van der Waals surface area (Å²) in [4.78, 5) is 14.5. The van der Waals surface area contributed by atoms with E-state index in [1.54, 1.807) is 41.8 Å². The number of benzene rings is 1. The Morgan fingerprint density at radius 1 is 1.04 bits per heavy atom. The average molecular weight is 352 g/mol. The molecule has 0 unspecified atom stereocenters. The SMILES string of the molecule is Cc1nc2ccc(Cl)nc2n1-c1ccc2[nH]c(C(F)(F)F)nc2c1. The first kappa shape index (κ1) is 14.9. The predicted octanol–water partition coefficient (Wildman–Crippen LogP) is 4.28. The molecule has 9 heteroatoms. The average Bonchev–Trinajstić information content (AvgIpc) is 3.06. The van der Waals surface area contributed by atoms with Gasteiger partial charge >= 0.3 is 6.18 Å². The summed E-state index contributed by atoms with van der Waals surface area (Å²) in [7, 11) is 0. The minimum Gasteiger partial charge on any atom is -0.334 e. The number of aryl methyl sites for hydroxylation is 1. The van der Waals surface area contributed by atoms with E-state index >= 15 is 0 Å². The third-order valence-corrected chi connectivity index (χ3v) is 3.84. The van der Waals surface area contributed by atoms with Gasteiger partial charge < -0.3 is 4.98 Å². The highest BCUT2D eigenvalue weighted by Crippen LogP contribution is 2.30. The van der Waals surface area contributed by atoms with Crippen molar-refractivity contribution in [1.82, 2.24) is 24.5 Å². The molecule has 5 nitrogen and oxygen atoms in total. The Labute approximate surface area is 138 Å². The smallest absolute Gasteiger partial charge is 0.334 e. The van der Waals surface area contributed by atoms with Gasteiger partial charge in [-0.15, -0.1) is 0 Å². The first-order valence-corrected chi connectivity index (χ1v) is 7.30. The largest absolute Gasteiger partial charge is 0.449 e. The molecule has 3 aromatic heterocycles. The second kappa shape index (κ2) is 4.94. The van der Waals surface area contributed by atoms with Gasteiger partial charge in [0, 0.05) is 0 Å². The summed E-state index contributed by atoms with van der Waals surface area (Å²) < 4.78 is 40.1. The molecule has 1 aromatic carbocycles. The lowest BCUT2D eigenvalue weighted by Crippen LogP contribution is -2.06. The first-order valence-electron chi connectivity index (χ1n) is 6.92. The maximum Gasteiger partial charge on any atom is 0.449 e. The third kappa shape index (κ3) is 2.30. The summed E-state index contributed by atoms with van der Waals surface area (Å²) in [5, 5.41) is 0.309. The summed E-state index contributed by atoms with van der Waals surface area (Å²) in [6.07, 6.45) is -4.52. The molecule has 0 saturated carbocycles. The van der Waals surface area contributed by atoms with E-state index in [0.717, 1.165) is 0 Å². The van der Waals surface area contributed by atoms with Gasteiger partial charge in [-0.25, -0.2) is 15.0 Å². The Morgan fingerprint density at radius 3 is 2.58 bits per heavy atom. The van der Waals surface area contributed by atoms with E-state index in [9.17, 15) is 13.2 Å². The Kier molecular flexibility index (Phi) is 3.08. The number of hydrogen-bond acceptors (Lipinski definition) is 3. The zero-order valence-corrected chi connectivity index (χ0v) is 12.9. The number of fused-ring (bicyclic) bond motifs is 2. The Morgan fingerprint density at radius 2 is 1.83 bits per heavy atom. The monoisotopic (exact) mass is 351 g/mol. The molecule has 0 atom stereocenters. The molecule has 4 rings (SSSR count). The van der Waals surface area contributed by atoms with Crippen LogP contribution in [0.15, 0.2) is 30.3 Å². The first-order chi connectivity index (χ1) is 11.3. The number of aromatic nitrogens is 5. The summed E-state index contributed by atoms with van der Waals surface area (Å²) in [6, 6.07) is 8.15. The standard InChI is InChI=1S/C15H9ClF3N5/c1-7-20-10-4-5-12(16)23-13(10)24(7)8-2-3-9-11(6-8)22-14(21-9)15(17,18)19/h2-6H,1H3,(H,21,22). The number of H-pyrrole nitrogens is 1. The van der Waals surface area contributed by atoms with Crippen LogP contribution in [0.3, 0.4) is 0 Å². The van der Waals surface area contributed by atoms with Crippen molar-refractivity contribution in [3.63, 3.8) is 0 Å². The van der Waals surface area contributed by atoms with Gasteiger partial charge in [-0.3, -0.25) is 4.57 Å². The summed E-state index contributed by atoms with van der Waals surface area (Å²) in [6.45, 7) is 1.78. The number of halogens is 4. The number of rotatable bonds is 1. The highest BCUT2D eigenvalue weighted by atomic mass is 35.5. The normalized spacial score (nSPS) is 12.4. The molecular weight excluding hydrogens is 343 g/mol. The fourth-order valence-electron chi connectivity index (χ4n) is 2.62. The fourth-order valence-corrected chi connectivity index (χ4v) is 2.77. The van der Waals surface area contributed by atoms with E-state index in [0.29, 0.717) is 33.3 Å². The van der Waals surface area contributed by atoms with Crippen molar-refractivity contribution in [1.29, 1.82) is 0 Å². The molecule has 0 spiro atoms. The van der Waals surface area contributed by atoms with E-state index in [-0.39, 0.29) is 5.52 Å². The van der Waals surface area contributed by atoms with Gasteiger partial charge in [-0.05, 0) is 37.3 Å². The van der Waals surface area contributed by atoms with Crippen LogP contribution in [0.1, 0.15) is 11.6 Å². The zero-order chi connectivity index (χ0) is 17.1. The lowest BCUT2D eigenvalue weighted by atomic mass is 10.2. The number of nitrogens with one attached hydrogen (secondary N) is 1. The van der Waals surface area contributed by atoms with Gasteiger partial charge in [-0.2, -0.15) is 13.2 Å². The number of imidazole rings is 2.